The molecule has 1 aromatic carbocycles. The molecule has 2 aromatic heterocycles. The molecule has 1 atom stereocenters. The number of hydrogen-bond donors (Lipinski definition) is 1. The zero-order valence-corrected chi connectivity index (χ0v) is 16.2. The quantitative estimate of drug-likeness (QED) is 0.343. The Hall–Kier alpha value is -3.12. The molecule has 0 radical (unpaired) electrons. The number of hydrogen-bond acceptors (Lipinski definition) is 6. The van der Waals surface area contributed by atoms with Gasteiger partial charge in [0.05, 0.1) is 18.6 Å². The fourth-order valence-corrected chi connectivity index (χ4v) is 3.14. The topological polar surface area (TPSA) is 71.1 Å². The van der Waals surface area contributed by atoms with Crippen molar-refractivity contribution in [2.45, 2.75) is 12.3 Å². The molecule has 1 N–H and O–H groups in total. The van der Waals surface area contributed by atoms with Crippen molar-refractivity contribution in [3.05, 3.63) is 84.1 Å². The van der Waals surface area contributed by atoms with Crippen LogP contribution < -0.4 is 4.90 Å². The van der Waals surface area contributed by atoms with Gasteiger partial charge in [-0.2, -0.15) is 0 Å². The van der Waals surface area contributed by atoms with Crippen molar-refractivity contribution in [3.63, 3.8) is 0 Å². The molecule has 146 valence electrons. The van der Waals surface area contributed by atoms with Crippen LogP contribution in [0, 0.1) is 0 Å². The fraction of sp³-hybridized carbons (Fsp3) is 0.273. The van der Waals surface area contributed by atoms with Crippen molar-refractivity contribution in [1.29, 1.82) is 0 Å². The number of methoxy groups -OCH3 is 1. The molecule has 0 saturated heterocycles. The molecule has 2 heterocycles. The van der Waals surface area contributed by atoms with Gasteiger partial charge in [-0.05, 0) is 42.0 Å². The van der Waals surface area contributed by atoms with Gasteiger partial charge in [0.2, 0.25) is 0 Å². The van der Waals surface area contributed by atoms with Crippen molar-refractivity contribution in [3.8, 4) is 0 Å². The molecule has 28 heavy (non-hydrogen) atoms. The molecule has 0 aliphatic carbocycles. The van der Waals surface area contributed by atoms with Crippen LogP contribution in [0.5, 0.6) is 0 Å². The number of nitrogens with zero attached hydrogens (tertiary/aromatic N) is 3. The number of oxime groups is 1. The van der Waals surface area contributed by atoms with Crippen molar-refractivity contribution in [1.82, 2.24) is 4.98 Å². The van der Waals surface area contributed by atoms with E-state index in [1.807, 2.05) is 31.3 Å². The van der Waals surface area contributed by atoms with Gasteiger partial charge in [0.1, 0.15) is 5.76 Å². The maximum atomic E-state index is 9.59. The molecule has 3 aromatic rings. The van der Waals surface area contributed by atoms with E-state index in [0.717, 1.165) is 29.1 Å². The van der Waals surface area contributed by atoms with E-state index in [9.17, 15) is 5.21 Å². The highest BCUT2D eigenvalue weighted by atomic mass is 16.5. The number of pyridine rings is 1. The molecular weight excluding hydrogens is 354 g/mol. The van der Waals surface area contributed by atoms with Gasteiger partial charge >= 0.3 is 0 Å². The summed E-state index contributed by atoms with van der Waals surface area (Å²) in [7, 11) is 3.74. The molecule has 0 amide bonds. The third-order valence-corrected chi connectivity index (χ3v) is 4.79. The van der Waals surface area contributed by atoms with E-state index in [2.05, 4.69) is 39.3 Å². The van der Waals surface area contributed by atoms with Gasteiger partial charge in [-0.15, -0.1) is 0 Å². The minimum atomic E-state index is -0.0626. The Balaban J connectivity index is 1.85. The SMILES string of the molecule is COCCN(C)c1ccc(C(CC(=NO)c2ccncc2)c2ccco2)cc1. The summed E-state index contributed by atoms with van der Waals surface area (Å²) in [4.78, 5) is 6.17. The molecule has 0 spiro atoms. The smallest absolute Gasteiger partial charge is 0.111 e. The standard InChI is InChI=1S/C22H25N3O3/c1-25(13-15-27-2)19-7-5-17(6-8-19)20(22-4-3-14-28-22)16-21(24-26)18-9-11-23-12-10-18/h3-12,14,20,26H,13,15-16H2,1-2H3. The van der Waals surface area contributed by atoms with Gasteiger partial charge in [-0.25, -0.2) is 0 Å². The Morgan fingerprint density at radius 1 is 1.18 bits per heavy atom. The lowest BCUT2D eigenvalue weighted by Crippen LogP contribution is -2.22. The molecule has 0 aliphatic heterocycles. The lowest BCUT2D eigenvalue weighted by molar-refractivity contribution is 0.206. The number of furan rings is 1. The van der Waals surface area contributed by atoms with E-state index in [1.165, 1.54) is 0 Å². The van der Waals surface area contributed by atoms with Crippen LogP contribution >= 0.6 is 0 Å². The highest BCUT2D eigenvalue weighted by molar-refractivity contribution is 6.00. The Morgan fingerprint density at radius 2 is 1.93 bits per heavy atom. The molecule has 0 aliphatic rings. The summed E-state index contributed by atoms with van der Waals surface area (Å²) in [5, 5.41) is 13.1. The largest absolute Gasteiger partial charge is 0.469 e. The molecule has 0 saturated carbocycles. The van der Waals surface area contributed by atoms with E-state index in [4.69, 9.17) is 9.15 Å². The molecule has 1 unspecified atom stereocenters. The fourth-order valence-electron chi connectivity index (χ4n) is 3.14. The summed E-state index contributed by atoms with van der Waals surface area (Å²) < 4.78 is 10.8. The maximum absolute atomic E-state index is 9.59. The summed E-state index contributed by atoms with van der Waals surface area (Å²) in [6.45, 7) is 1.50. The first-order valence-electron chi connectivity index (χ1n) is 9.17. The second kappa shape index (κ2) is 9.71. The molecular formula is C22H25N3O3. The number of ether oxygens (including phenoxy) is 1. The van der Waals surface area contributed by atoms with Crippen LogP contribution in [0.3, 0.4) is 0 Å². The van der Waals surface area contributed by atoms with Crippen molar-refractivity contribution < 1.29 is 14.4 Å². The average molecular weight is 379 g/mol. The summed E-state index contributed by atoms with van der Waals surface area (Å²) in [6.07, 6.45) is 5.55. The van der Waals surface area contributed by atoms with E-state index in [-0.39, 0.29) is 5.92 Å². The number of rotatable bonds is 9. The second-order valence-corrected chi connectivity index (χ2v) is 6.56. The molecule has 6 nitrogen and oxygen atoms in total. The van der Waals surface area contributed by atoms with E-state index >= 15 is 0 Å². The van der Waals surface area contributed by atoms with Crippen LogP contribution in [0.2, 0.25) is 0 Å². The summed E-state index contributed by atoms with van der Waals surface area (Å²) in [5.41, 5.74) is 3.63. The third-order valence-electron chi connectivity index (χ3n) is 4.79. The normalized spacial score (nSPS) is 12.7. The average Bonchev–Trinajstić information content (AvgIpc) is 3.28. The van der Waals surface area contributed by atoms with Crippen LogP contribution in [-0.4, -0.2) is 43.2 Å². The molecule has 0 bridgehead atoms. The summed E-state index contributed by atoms with van der Waals surface area (Å²) in [6, 6.07) is 15.8. The summed E-state index contributed by atoms with van der Waals surface area (Å²) >= 11 is 0. The van der Waals surface area contributed by atoms with Crippen LogP contribution in [0.1, 0.15) is 29.2 Å². The van der Waals surface area contributed by atoms with Crippen molar-refractivity contribution in [2.24, 2.45) is 5.16 Å². The van der Waals surface area contributed by atoms with Gasteiger partial charge in [0.25, 0.3) is 0 Å². The lowest BCUT2D eigenvalue weighted by Gasteiger charge is -2.21. The number of benzene rings is 1. The van der Waals surface area contributed by atoms with Crippen LogP contribution in [0.15, 0.2) is 76.8 Å². The zero-order chi connectivity index (χ0) is 19.8. The zero-order valence-electron chi connectivity index (χ0n) is 16.2. The Bertz CT molecular complexity index is 862. The van der Waals surface area contributed by atoms with E-state index in [0.29, 0.717) is 18.7 Å². The van der Waals surface area contributed by atoms with Crippen molar-refractivity contribution >= 4 is 11.4 Å². The number of aromatic nitrogens is 1. The van der Waals surface area contributed by atoms with Gasteiger partial charge in [0.15, 0.2) is 0 Å². The monoisotopic (exact) mass is 379 g/mol. The molecule has 6 heteroatoms. The van der Waals surface area contributed by atoms with E-state index in [1.54, 1.807) is 25.8 Å². The Morgan fingerprint density at radius 3 is 2.54 bits per heavy atom. The summed E-state index contributed by atoms with van der Waals surface area (Å²) in [5.74, 6) is 0.767. The minimum absolute atomic E-state index is 0.0626. The first-order valence-corrected chi connectivity index (χ1v) is 9.17. The van der Waals surface area contributed by atoms with Gasteiger partial charge < -0.3 is 19.3 Å². The van der Waals surface area contributed by atoms with Crippen LogP contribution in [-0.2, 0) is 4.74 Å². The second-order valence-electron chi connectivity index (χ2n) is 6.56. The molecule has 0 fully saturated rings. The lowest BCUT2D eigenvalue weighted by atomic mass is 9.89. The first kappa shape index (κ1) is 19.6. The highest BCUT2D eigenvalue weighted by Crippen LogP contribution is 2.31. The van der Waals surface area contributed by atoms with Crippen LogP contribution in [0.4, 0.5) is 5.69 Å². The third kappa shape index (κ3) is 4.78. The van der Waals surface area contributed by atoms with Gasteiger partial charge in [-0.3, -0.25) is 4.98 Å². The van der Waals surface area contributed by atoms with Gasteiger partial charge in [-0.1, -0.05) is 17.3 Å². The van der Waals surface area contributed by atoms with Gasteiger partial charge in [0, 0.05) is 56.7 Å². The Labute approximate surface area is 165 Å². The Kier molecular flexibility index (Phi) is 6.81. The maximum Gasteiger partial charge on any atom is 0.111 e. The van der Waals surface area contributed by atoms with Crippen molar-refractivity contribution in [2.75, 3.05) is 32.2 Å². The highest BCUT2D eigenvalue weighted by Gasteiger charge is 2.21. The first-order chi connectivity index (χ1) is 13.7. The van der Waals surface area contributed by atoms with E-state index < -0.39 is 0 Å². The van der Waals surface area contributed by atoms with Crippen LogP contribution in [0.25, 0.3) is 0 Å². The predicted octanol–water partition coefficient (Wildman–Crippen LogP) is 4.16. The minimum Gasteiger partial charge on any atom is -0.469 e. The number of likely N-dealkylation sites (N-methyl/N-ethyl adjacent to an activating group) is 1. The predicted molar refractivity (Wildman–Crippen MR) is 109 cm³/mol. The molecule has 3 rings (SSSR count). The number of anilines is 1.